The van der Waals surface area contributed by atoms with Crippen LogP contribution in [-0.4, -0.2) is 24.1 Å². The molecule has 136 valence electrons. The number of hydrogen-bond acceptors (Lipinski definition) is 5. The van der Waals surface area contributed by atoms with Crippen molar-refractivity contribution in [1.29, 1.82) is 0 Å². The number of anilines is 3. The average molecular weight is 365 g/mol. The van der Waals surface area contributed by atoms with E-state index < -0.39 is 0 Å². The first kappa shape index (κ1) is 16.8. The first-order valence-corrected chi connectivity index (χ1v) is 8.37. The van der Waals surface area contributed by atoms with Gasteiger partial charge in [0.05, 0.1) is 11.9 Å². The summed E-state index contributed by atoms with van der Waals surface area (Å²) in [5.41, 5.74) is 2.31. The molecule has 1 amide bonds. The van der Waals surface area contributed by atoms with Gasteiger partial charge in [0.1, 0.15) is 24.7 Å². The van der Waals surface area contributed by atoms with Gasteiger partial charge in [-0.15, -0.1) is 0 Å². The van der Waals surface area contributed by atoms with Gasteiger partial charge >= 0.3 is 0 Å². The fourth-order valence-corrected chi connectivity index (χ4v) is 2.62. The molecule has 2 N–H and O–H groups in total. The molecule has 0 atom stereocenters. The predicted octanol–water partition coefficient (Wildman–Crippen LogP) is 3.99. The molecule has 0 aliphatic carbocycles. The normalized spacial score (nSPS) is 12.3. The van der Waals surface area contributed by atoms with Crippen LogP contribution in [0.2, 0.25) is 0 Å². The van der Waals surface area contributed by atoms with Gasteiger partial charge in [-0.25, -0.2) is 9.37 Å². The Hall–Kier alpha value is -3.61. The minimum atomic E-state index is -0.368. The molecule has 3 aromatic rings. The van der Waals surface area contributed by atoms with Crippen LogP contribution >= 0.6 is 0 Å². The zero-order chi connectivity index (χ0) is 18.6. The van der Waals surface area contributed by atoms with Crippen LogP contribution in [-0.2, 0) is 0 Å². The summed E-state index contributed by atoms with van der Waals surface area (Å²) in [5.74, 6) is 0.681. The molecule has 0 saturated carbocycles. The second-order valence-corrected chi connectivity index (χ2v) is 5.88. The number of amides is 1. The highest BCUT2D eigenvalue weighted by atomic mass is 19.1. The standard InChI is InChI=1S/C20H16FN3O3/c21-13-1-3-14(4-2-13)24-20(25)17-7-5-16(12-22-17)23-15-6-8-18-19(11-15)27-10-9-26-18/h1-8,11-12,23H,9-10H2,(H,24,25). The Bertz CT molecular complexity index is 959. The Kier molecular flexibility index (Phi) is 4.57. The molecule has 2 heterocycles. The van der Waals surface area contributed by atoms with Gasteiger partial charge in [-0.2, -0.15) is 0 Å². The van der Waals surface area contributed by atoms with E-state index in [1.54, 1.807) is 18.3 Å². The fourth-order valence-electron chi connectivity index (χ4n) is 2.62. The molecule has 0 spiro atoms. The van der Waals surface area contributed by atoms with Crippen LogP contribution in [0.5, 0.6) is 11.5 Å². The van der Waals surface area contributed by atoms with Crippen molar-refractivity contribution in [2.24, 2.45) is 0 Å². The van der Waals surface area contributed by atoms with E-state index in [4.69, 9.17) is 9.47 Å². The molecule has 0 saturated heterocycles. The van der Waals surface area contributed by atoms with Crippen molar-refractivity contribution in [2.75, 3.05) is 23.8 Å². The van der Waals surface area contributed by atoms with Gasteiger partial charge in [0, 0.05) is 17.4 Å². The van der Waals surface area contributed by atoms with E-state index >= 15 is 0 Å². The largest absolute Gasteiger partial charge is 0.486 e. The number of hydrogen-bond donors (Lipinski definition) is 2. The smallest absolute Gasteiger partial charge is 0.274 e. The summed E-state index contributed by atoms with van der Waals surface area (Å²) in [4.78, 5) is 16.4. The number of halogens is 1. The minimum absolute atomic E-state index is 0.257. The number of aromatic nitrogens is 1. The SMILES string of the molecule is O=C(Nc1ccc(F)cc1)c1ccc(Nc2ccc3c(c2)OCCO3)cn1. The summed E-state index contributed by atoms with van der Waals surface area (Å²) >= 11 is 0. The van der Waals surface area contributed by atoms with Crippen molar-refractivity contribution in [3.05, 3.63) is 72.3 Å². The maximum absolute atomic E-state index is 12.9. The Morgan fingerprint density at radius 2 is 1.59 bits per heavy atom. The number of ether oxygens (including phenoxy) is 2. The molecule has 1 aliphatic heterocycles. The highest BCUT2D eigenvalue weighted by Crippen LogP contribution is 2.33. The minimum Gasteiger partial charge on any atom is -0.486 e. The van der Waals surface area contributed by atoms with E-state index in [1.807, 2.05) is 18.2 Å². The first-order chi connectivity index (χ1) is 13.2. The van der Waals surface area contributed by atoms with E-state index in [1.165, 1.54) is 24.3 Å². The third kappa shape index (κ3) is 3.98. The lowest BCUT2D eigenvalue weighted by molar-refractivity contribution is 0.102. The fraction of sp³-hybridized carbons (Fsp3) is 0.100. The number of pyridine rings is 1. The van der Waals surface area contributed by atoms with Crippen LogP contribution in [0, 0.1) is 5.82 Å². The van der Waals surface area contributed by atoms with Crippen LogP contribution in [0.25, 0.3) is 0 Å². The topological polar surface area (TPSA) is 72.5 Å². The highest BCUT2D eigenvalue weighted by molar-refractivity contribution is 6.02. The Balaban J connectivity index is 1.42. The number of nitrogens with one attached hydrogen (secondary N) is 2. The summed E-state index contributed by atoms with van der Waals surface area (Å²) in [5, 5.41) is 5.87. The quantitative estimate of drug-likeness (QED) is 0.731. The van der Waals surface area contributed by atoms with Crippen LogP contribution in [0.1, 0.15) is 10.5 Å². The summed E-state index contributed by atoms with van der Waals surface area (Å²) in [6, 6.07) is 14.5. The second-order valence-electron chi connectivity index (χ2n) is 5.88. The van der Waals surface area contributed by atoms with Crippen molar-refractivity contribution in [1.82, 2.24) is 4.98 Å². The van der Waals surface area contributed by atoms with Crippen molar-refractivity contribution in [2.45, 2.75) is 0 Å². The summed E-state index contributed by atoms with van der Waals surface area (Å²) in [6.45, 7) is 1.07. The van der Waals surface area contributed by atoms with Crippen molar-refractivity contribution in [3.63, 3.8) is 0 Å². The Labute approximate surface area is 155 Å². The van der Waals surface area contributed by atoms with E-state index in [9.17, 15) is 9.18 Å². The number of benzene rings is 2. The second kappa shape index (κ2) is 7.33. The van der Waals surface area contributed by atoms with Crippen LogP contribution in [0.4, 0.5) is 21.5 Å². The van der Waals surface area contributed by atoms with E-state index in [-0.39, 0.29) is 17.4 Å². The van der Waals surface area contributed by atoms with Gasteiger partial charge in [0.2, 0.25) is 0 Å². The van der Waals surface area contributed by atoms with Gasteiger partial charge in [-0.3, -0.25) is 4.79 Å². The van der Waals surface area contributed by atoms with Gasteiger partial charge in [-0.1, -0.05) is 0 Å². The number of nitrogens with zero attached hydrogens (tertiary/aromatic N) is 1. The summed E-state index contributed by atoms with van der Waals surface area (Å²) in [6.07, 6.45) is 1.57. The van der Waals surface area contributed by atoms with Crippen LogP contribution in [0.15, 0.2) is 60.8 Å². The molecule has 0 unspecified atom stereocenters. The van der Waals surface area contributed by atoms with Gasteiger partial charge in [0.25, 0.3) is 5.91 Å². The molecular formula is C20H16FN3O3. The van der Waals surface area contributed by atoms with Gasteiger partial charge < -0.3 is 20.1 Å². The van der Waals surface area contributed by atoms with Gasteiger partial charge in [-0.05, 0) is 48.5 Å². The summed E-state index contributed by atoms with van der Waals surface area (Å²) in [7, 11) is 0. The highest BCUT2D eigenvalue weighted by Gasteiger charge is 2.12. The molecule has 27 heavy (non-hydrogen) atoms. The number of carbonyl (C=O) groups is 1. The molecule has 0 bridgehead atoms. The maximum atomic E-state index is 12.9. The molecule has 1 aliphatic rings. The van der Waals surface area contributed by atoms with E-state index in [0.717, 1.165) is 17.1 Å². The molecule has 6 nitrogen and oxygen atoms in total. The lowest BCUT2D eigenvalue weighted by atomic mass is 10.2. The van der Waals surface area contributed by atoms with E-state index in [0.29, 0.717) is 24.7 Å². The van der Waals surface area contributed by atoms with E-state index in [2.05, 4.69) is 15.6 Å². The third-order valence-electron chi connectivity index (χ3n) is 3.93. The molecule has 0 fully saturated rings. The maximum Gasteiger partial charge on any atom is 0.274 e. The average Bonchev–Trinajstić information content (AvgIpc) is 2.70. The van der Waals surface area contributed by atoms with Crippen LogP contribution in [0.3, 0.4) is 0 Å². The summed E-state index contributed by atoms with van der Waals surface area (Å²) < 4.78 is 24.0. The van der Waals surface area contributed by atoms with Crippen molar-refractivity contribution in [3.8, 4) is 11.5 Å². The lowest BCUT2D eigenvalue weighted by Crippen LogP contribution is -2.15. The van der Waals surface area contributed by atoms with Crippen molar-refractivity contribution >= 4 is 23.0 Å². The Morgan fingerprint density at radius 1 is 0.889 bits per heavy atom. The zero-order valence-corrected chi connectivity index (χ0v) is 14.2. The first-order valence-electron chi connectivity index (χ1n) is 8.37. The number of carbonyl (C=O) groups excluding carboxylic acids is 1. The zero-order valence-electron chi connectivity index (χ0n) is 14.2. The lowest BCUT2D eigenvalue weighted by Gasteiger charge is -2.19. The molecule has 0 radical (unpaired) electrons. The Morgan fingerprint density at radius 3 is 2.33 bits per heavy atom. The van der Waals surface area contributed by atoms with Crippen LogP contribution < -0.4 is 20.1 Å². The molecule has 2 aromatic carbocycles. The molecule has 1 aromatic heterocycles. The third-order valence-corrected chi connectivity index (χ3v) is 3.93. The molecular weight excluding hydrogens is 349 g/mol. The predicted molar refractivity (Wildman–Crippen MR) is 99.3 cm³/mol. The number of fused-ring (bicyclic) bond motifs is 1. The van der Waals surface area contributed by atoms with Gasteiger partial charge in [0.15, 0.2) is 11.5 Å². The number of rotatable bonds is 4. The van der Waals surface area contributed by atoms with Crippen molar-refractivity contribution < 1.29 is 18.7 Å². The molecule has 7 heteroatoms. The monoisotopic (exact) mass is 365 g/mol. The molecule has 4 rings (SSSR count).